The van der Waals surface area contributed by atoms with E-state index in [4.69, 9.17) is 5.73 Å². The number of amides is 1. The number of hydrogen-bond acceptors (Lipinski definition) is 1. The van der Waals surface area contributed by atoms with Crippen LogP contribution < -0.4 is 5.73 Å². The van der Waals surface area contributed by atoms with Crippen LogP contribution in [0.15, 0.2) is 0 Å². The van der Waals surface area contributed by atoms with E-state index in [0.717, 1.165) is 12.8 Å². The lowest BCUT2D eigenvalue weighted by Gasteiger charge is -2.31. The number of nitrogens with two attached hydrogens (primary N) is 1. The average molecular weight is 155 g/mol. The van der Waals surface area contributed by atoms with Crippen molar-refractivity contribution in [1.82, 2.24) is 0 Å². The van der Waals surface area contributed by atoms with Crippen LogP contribution in [0.2, 0.25) is 0 Å². The van der Waals surface area contributed by atoms with Gasteiger partial charge in [0.05, 0.1) is 0 Å². The minimum Gasteiger partial charge on any atom is -0.369 e. The van der Waals surface area contributed by atoms with Crippen LogP contribution in [0.4, 0.5) is 0 Å². The molecule has 0 saturated heterocycles. The fourth-order valence-electron chi connectivity index (χ4n) is 1.76. The summed E-state index contributed by atoms with van der Waals surface area (Å²) in [5.41, 5.74) is 5.29. The topological polar surface area (TPSA) is 43.1 Å². The first-order valence-electron chi connectivity index (χ1n) is 4.55. The van der Waals surface area contributed by atoms with Gasteiger partial charge in [-0.1, -0.05) is 19.8 Å². The quantitative estimate of drug-likeness (QED) is 0.659. The largest absolute Gasteiger partial charge is 0.369 e. The van der Waals surface area contributed by atoms with Gasteiger partial charge >= 0.3 is 0 Å². The molecule has 64 valence electrons. The second-order valence-corrected chi connectivity index (χ2v) is 3.49. The third-order valence-electron chi connectivity index (χ3n) is 2.68. The van der Waals surface area contributed by atoms with Crippen LogP contribution in [0, 0.1) is 11.8 Å². The highest BCUT2D eigenvalue weighted by atomic mass is 16.1. The van der Waals surface area contributed by atoms with Crippen molar-refractivity contribution in [3.63, 3.8) is 0 Å². The van der Waals surface area contributed by atoms with Crippen molar-refractivity contribution in [2.24, 2.45) is 17.6 Å². The van der Waals surface area contributed by atoms with Gasteiger partial charge in [-0.15, -0.1) is 0 Å². The fourth-order valence-corrected chi connectivity index (χ4v) is 1.76. The Bertz CT molecular complexity index is 140. The van der Waals surface area contributed by atoms with Crippen molar-refractivity contribution in [2.45, 2.75) is 39.0 Å². The Balaban J connectivity index is 2.37. The first kappa shape index (κ1) is 8.57. The molecule has 1 unspecified atom stereocenters. The predicted octanol–water partition coefficient (Wildman–Crippen LogP) is 1.69. The molecule has 0 aliphatic heterocycles. The van der Waals surface area contributed by atoms with E-state index in [-0.39, 0.29) is 11.8 Å². The predicted molar refractivity (Wildman–Crippen MR) is 44.9 cm³/mol. The maximum atomic E-state index is 10.9. The highest BCUT2D eigenvalue weighted by Gasteiger charge is 2.29. The monoisotopic (exact) mass is 155 g/mol. The summed E-state index contributed by atoms with van der Waals surface area (Å²) in [5, 5.41) is 0. The van der Waals surface area contributed by atoms with E-state index >= 15 is 0 Å². The smallest absolute Gasteiger partial charge is 0.220 e. The molecule has 1 aliphatic carbocycles. The molecule has 1 saturated carbocycles. The van der Waals surface area contributed by atoms with Gasteiger partial charge in [0.15, 0.2) is 0 Å². The van der Waals surface area contributed by atoms with Gasteiger partial charge in [0, 0.05) is 5.92 Å². The lowest BCUT2D eigenvalue weighted by atomic mass is 9.74. The van der Waals surface area contributed by atoms with Crippen molar-refractivity contribution in [3.8, 4) is 0 Å². The van der Waals surface area contributed by atoms with Gasteiger partial charge in [-0.2, -0.15) is 0 Å². The number of primary amides is 1. The van der Waals surface area contributed by atoms with Crippen LogP contribution >= 0.6 is 0 Å². The van der Waals surface area contributed by atoms with E-state index in [1.165, 1.54) is 19.3 Å². The van der Waals surface area contributed by atoms with Gasteiger partial charge < -0.3 is 5.73 Å². The fraction of sp³-hybridized carbons (Fsp3) is 0.889. The molecule has 1 rings (SSSR count). The lowest BCUT2D eigenvalue weighted by molar-refractivity contribution is -0.124. The highest BCUT2D eigenvalue weighted by molar-refractivity contribution is 5.77. The summed E-state index contributed by atoms with van der Waals surface area (Å²) in [6.45, 7) is 2.11. The second-order valence-electron chi connectivity index (χ2n) is 3.49. The zero-order valence-electron chi connectivity index (χ0n) is 7.18. The summed E-state index contributed by atoms with van der Waals surface area (Å²) < 4.78 is 0. The SMILES string of the molecule is CCCC(C(N)=O)C1CCC1. The van der Waals surface area contributed by atoms with Crippen molar-refractivity contribution in [2.75, 3.05) is 0 Å². The summed E-state index contributed by atoms with van der Waals surface area (Å²) in [4.78, 5) is 10.9. The Morgan fingerprint density at radius 3 is 2.55 bits per heavy atom. The summed E-state index contributed by atoms with van der Waals surface area (Å²) in [5.74, 6) is 0.706. The van der Waals surface area contributed by atoms with E-state index in [1.807, 2.05) is 0 Å². The summed E-state index contributed by atoms with van der Waals surface area (Å²) in [6.07, 6.45) is 5.78. The van der Waals surface area contributed by atoms with Crippen molar-refractivity contribution < 1.29 is 4.79 Å². The lowest BCUT2D eigenvalue weighted by Crippen LogP contribution is -2.33. The molecular weight excluding hydrogens is 138 g/mol. The first-order valence-corrected chi connectivity index (χ1v) is 4.55. The van der Waals surface area contributed by atoms with Crippen molar-refractivity contribution in [1.29, 1.82) is 0 Å². The van der Waals surface area contributed by atoms with Crippen LogP contribution in [-0.2, 0) is 4.79 Å². The Morgan fingerprint density at radius 2 is 2.27 bits per heavy atom. The minimum atomic E-state index is -0.0865. The van der Waals surface area contributed by atoms with Gasteiger partial charge in [-0.05, 0) is 25.2 Å². The zero-order valence-corrected chi connectivity index (χ0v) is 7.18. The maximum Gasteiger partial charge on any atom is 0.220 e. The molecule has 11 heavy (non-hydrogen) atoms. The van der Waals surface area contributed by atoms with Gasteiger partial charge in [0.2, 0.25) is 5.91 Å². The first-order chi connectivity index (χ1) is 5.25. The van der Waals surface area contributed by atoms with Gasteiger partial charge in [0.25, 0.3) is 0 Å². The number of rotatable bonds is 4. The molecular formula is C9H17NO. The highest BCUT2D eigenvalue weighted by Crippen LogP contribution is 2.35. The molecule has 1 amide bonds. The zero-order chi connectivity index (χ0) is 8.27. The van der Waals surface area contributed by atoms with E-state index < -0.39 is 0 Å². The molecule has 1 atom stereocenters. The molecule has 0 aromatic rings. The molecule has 0 radical (unpaired) electrons. The van der Waals surface area contributed by atoms with Crippen LogP contribution in [-0.4, -0.2) is 5.91 Å². The molecule has 1 aliphatic rings. The van der Waals surface area contributed by atoms with E-state index in [9.17, 15) is 4.79 Å². The van der Waals surface area contributed by atoms with Gasteiger partial charge in [0.1, 0.15) is 0 Å². The molecule has 0 aromatic carbocycles. The van der Waals surface area contributed by atoms with Crippen LogP contribution in [0.25, 0.3) is 0 Å². The van der Waals surface area contributed by atoms with Gasteiger partial charge in [-0.25, -0.2) is 0 Å². The third-order valence-corrected chi connectivity index (χ3v) is 2.68. The normalized spacial score (nSPS) is 20.8. The molecule has 0 aromatic heterocycles. The Kier molecular flexibility index (Phi) is 2.92. The molecule has 0 heterocycles. The van der Waals surface area contributed by atoms with E-state index in [2.05, 4.69) is 6.92 Å². The van der Waals surface area contributed by atoms with Crippen LogP contribution in [0.5, 0.6) is 0 Å². The summed E-state index contributed by atoms with van der Waals surface area (Å²) in [6, 6.07) is 0. The molecule has 1 fully saturated rings. The van der Waals surface area contributed by atoms with Crippen molar-refractivity contribution in [3.05, 3.63) is 0 Å². The van der Waals surface area contributed by atoms with E-state index in [0.29, 0.717) is 5.92 Å². The number of hydrogen-bond donors (Lipinski definition) is 1. The Hall–Kier alpha value is -0.530. The summed E-state index contributed by atoms with van der Waals surface area (Å²) in [7, 11) is 0. The number of carbonyl (C=O) groups excluding carboxylic acids is 1. The second kappa shape index (κ2) is 3.74. The van der Waals surface area contributed by atoms with Gasteiger partial charge in [-0.3, -0.25) is 4.79 Å². The summed E-state index contributed by atoms with van der Waals surface area (Å²) >= 11 is 0. The molecule has 0 bridgehead atoms. The van der Waals surface area contributed by atoms with E-state index in [1.54, 1.807) is 0 Å². The standard InChI is InChI=1S/C9H17NO/c1-2-4-8(9(10)11)7-5-3-6-7/h7-8H,2-6H2,1H3,(H2,10,11). The van der Waals surface area contributed by atoms with Crippen LogP contribution in [0.3, 0.4) is 0 Å². The van der Waals surface area contributed by atoms with Crippen molar-refractivity contribution >= 4 is 5.91 Å². The number of carbonyl (C=O) groups is 1. The molecule has 2 heteroatoms. The third kappa shape index (κ3) is 1.95. The molecule has 2 N–H and O–H groups in total. The van der Waals surface area contributed by atoms with Crippen LogP contribution in [0.1, 0.15) is 39.0 Å². The molecule has 2 nitrogen and oxygen atoms in total. The Labute approximate surface area is 68.2 Å². The average Bonchev–Trinajstić information content (AvgIpc) is 1.82. The molecule has 0 spiro atoms. The maximum absolute atomic E-state index is 10.9. The minimum absolute atomic E-state index is 0.0865. The Morgan fingerprint density at radius 1 is 1.64 bits per heavy atom.